The molecule has 4 nitrogen and oxygen atoms in total. The van der Waals surface area contributed by atoms with Gasteiger partial charge in [-0.25, -0.2) is 0 Å². The average molecular weight is 371 g/mol. The second kappa shape index (κ2) is 5.80. The van der Waals surface area contributed by atoms with Gasteiger partial charge in [-0.15, -0.1) is 0 Å². The Hall–Kier alpha value is -1.91. The first-order valence-corrected chi connectivity index (χ1v) is 9.75. The fraction of sp³-hybridized carbons (Fsp3) is 0.429. The molecule has 5 rings (SSSR count). The second-order valence-electron chi connectivity index (χ2n) is 7.83. The third-order valence-corrected chi connectivity index (χ3v) is 6.17. The van der Waals surface area contributed by atoms with Crippen molar-refractivity contribution >= 4 is 17.3 Å². The molecule has 2 aromatic rings. The Morgan fingerprint density at radius 2 is 2.00 bits per heavy atom. The number of nitrogens with one attached hydrogen (secondary N) is 1. The van der Waals surface area contributed by atoms with Gasteiger partial charge in [-0.05, 0) is 62.1 Å². The van der Waals surface area contributed by atoms with E-state index in [4.69, 9.17) is 20.8 Å². The SMILES string of the molecule is Cc1ccc(C2=C[C@H]3c4cc(Cl)ccc4OC4(CCC(C)CC4)N3N2)o1. The lowest BCUT2D eigenvalue weighted by Gasteiger charge is -2.51. The number of hydrogen-bond donors (Lipinski definition) is 1. The van der Waals surface area contributed by atoms with Gasteiger partial charge in [0.15, 0.2) is 11.5 Å². The predicted octanol–water partition coefficient (Wildman–Crippen LogP) is 5.44. The number of aryl methyl sites for hydroxylation is 1. The standard InChI is InChI=1S/C21H23ClN2O2/c1-13-7-9-21(10-8-13)24-18(16-11-15(22)4-6-19(16)26-21)12-17(23-24)20-5-3-14(2)25-20/h3-6,11-13,18,23H,7-10H2,1-2H3/t13?,18-,21?/m0/s1. The number of hydrogen-bond acceptors (Lipinski definition) is 4. The molecule has 3 heterocycles. The summed E-state index contributed by atoms with van der Waals surface area (Å²) in [7, 11) is 0. The molecule has 1 aromatic carbocycles. The first-order valence-electron chi connectivity index (χ1n) is 9.37. The van der Waals surface area contributed by atoms with E-state index in [0.29, 0.717) is 0 Å². The summed E-state index contributed by atoms with van der Waals surface area (Å²) in [5.41, 5.74) is 5.37. The molecule has 5 heteroatoms. The van der Waals surface area contributed by atoms with Crippen LogP contribution in [0.2, 0.25) is 5.02 Å². The van der Waals surface area contributed by atoms with Crippen LogP contribution < -0.4 is 10.2 Å². The van der Waals surface area contributed by atoms with Crippen LogP contribution in [0.3, 0.4) is 0 Å². The summed E-state index contributed by atoms with van der Waals surface area (Å²) in [5, 5.41) is 3.02. The van der Waals surface area contributed by atoms with E-state index in [1.54, 1.807) is 0 Å². The zero-order valence-corrected chi connectivity index (χ0v) is 15.8. The first kappa shape index (κ1) is 16.3. The highest BCUT2D eigenvalue weighted by molar-refractivity contribution is 6.30. The fourth-order valence-electron chi connectivity index (χ4n) is 4.42. The van der Waals surface area contributed by atoms with Gasteiger partial charge >= 0.3 is 0 Å². The zero-order chi connectivity index (χ0) is 17.9. The van der Waals surface area contributed by atoms with Gasteiger partial charge in [0.1, 0.15) is 11.5 Å². The maximum Gasteiger partial charge on any atom is 0.180 e. The lowest BCUT2D eigenvalue weighted by molar-refractivity contribution is -0.155. The predicted molar refractivity (Wildman–Crippen MR) is 102 cm³/mol. The van der Waals surface area contributed by atoms with Crippen molar-refractivity contribution in [3.8, 4) is 5.75 Å². The molecule has 1 fully saturated rings. The zero-order valence-electron chi connectivity index (χ0n) is 15.1. The Bertz CT molecular complexity index is 880. The lowest BCUT2D eigenvalue weighted by Crippen LogP contribution is -2.60. The second-order valence-corrected chi connectivity index (χ2v) is 8.27. The normalized spacial score (nSPS) is 30.3. The van der Waals surface area contributed by atoms with Crippen LogP contribution in [0.1, 0.15) is 55.7 Å². The minimum Gasteiger partial charge on any atom is -0.471 e. The van der Waals surface area contributed by atoms with Crippen molar-refractivity contribution in [3.63, 3.8) is 0 Å². The van der Waals surface area contributed by atoms with E-state index in [0.717, 1.165) is 52.3 Å². The smallest absolute Gasteiger partial charge is 0.180 e. The molecule has 1 saturated carbocycles. The van der Waals surface area contributed by atoms with Gasteiger partial charge in [0.2, 0.25) is 0 Å². The molecule has 136 valence electrons. The lowest BCUT2D eigenvalue weighted by atomic mass is 9.82. The quantitative estimate of drug-likeness (QED) is 0.725. The largest absolute Gasteiger partial charge is 0.471 e. The molecule has 1 atom stereocenters. The molecule has 1 aromatic heterocycles. The van der Waals surface area contributed by atoms with E-state index < -0.39 is 0 Å². The van der Waals surface area contributed by atoms with Gasteiger partial charge in [-0.2, -0.15) is 5.01 Å². The summed E-state index contributed by atoms with van der Waals surface area (Å²) in [6, 6.07) is 10.0. The Balaban J connectivity index is 1.59. The number of hydrazine groups is 1. The Morgan fingerprint density at radius 3 is 2.73 bits per heavy atom. The Kier molecular flexibility index (Phi) is 3.63. The van der Waals surface area contributed by atoms with Crippen LogP contribution in [-0.2, 0) is 0 Å². The third-order valence-electron chi connectivity index (χ3n) is 5.93. The average Bonchev–Trinajstić information content (AvgIpc) is 3.25. The van der Waals surface area contributed by atoms with E-state index in [9.17, 15) is 0 Å². The summed E-state index contributed by atoms with van der Waals surface area (Å²) in [4.78, 5) is 0. The van der Waals surface area contributed by atoms with Crippen LogP contribution in [0.15, 0.2) is 40.8 Å². The van der Waals surface area contributed by atoms with Crippen LogP contribution >= 0.6 is 11.6 Å². The Labute approximate surface area is 158 Å². The minimum atomic E-state index is -0.322. The van der Waals surface area contributed by atoms with Gasteiger partial charge in [0.05, 0.1) is 11.7 Å². The molecular weight excluding hydrogens is 348 g/mol. The van der Waals surface area contributed by atoms with Crippen molar-refractivity contribution in [2.24, 2.45) is 5.92 Å². The Morgan fingerprint density at radius 1 is 1.19 bits per heavy atom. The number of halogens is 1. The summed E-state index contributed by atoms with van der Waals surface area (Å²) in [6.07, 6.45) is 6.60. The van der Waals surface area contributed by atoms with Gasteiger partial charge in [-0.3, -0.25) is 0 Å². The van der Waals surface area contributed by atoms with Crippen LogP contribution in [0.5, 0.6) is 5.75 Å². The molecule has 0 amide bonds. The summed E-state index contributed by atoms with van der Waals surface area (Å²) >= 11 is 6.29. The van der Waals surface area contributed by atoms with E-state index in [1.807, 2.05) is 37.3 Å². The molecule has 1 spiro atoms. The number of rotatable bonds is 1. The van der Waals surface area contributed by atoms with Crippen molar-refractivity contribution in [3.05, 3.63) is 58.5 Å². The van der Waals surface area contributed by atoms with Crippen LogP contribution in [-0.4, -0.2) is 10.7 Å². The molecule has 0 saturated heterocycles. The molecule has 0 radical (unpaired) electrons. The molecule has 2 aliphatic heterocycles. The van der Waals surface area contributed by atoms with Gasteiger partial charge in [0, 0.05) is 23.4 Å². The van der Waals surface area contributed by atoms with Crippen molar-refractivity contribution in [1.29, 1.82) is 0 Å². The topological polar surface area (TPSA) is 37.6 Å². The fourth-order valence-corrected chi connectivity index (χ4v) is 4.60. The number of nitrogens with zero attached hydrogens (tertiary/aromatic N) is 1. The highest BCUT2D eigenvalue weighted by Crippen LogP contribution is 2.50. The summed E-state index contributed by atoms with van der Waals surface area (Å²) in [6.45, 7) is 4.29. The number of benzene rings is 1. The highest BCUT2D eigenvalue weighted by Gasteiger charge is 2.51. The molecule has 0 bridgehead atoms. The van der Waals surface area contributed by atoms with Crippen LogP contribution in [0, 0.1) is 12.8 Å². The van der Waals surface area contributed by atoms with E-state index >= 15 is 0 Å². The molecule has 1 N–H and O–H groups in total. The first-order chi connectivity index (χ1) is 12.5. The van der Waals surface area contributed by atoms with Crippen molar-refractivity contribution in [2.45, 2.75) is 51.3 Å². The molecule has 3 aliphatic rings. The molecule has 0 unspecified atom stereocenters. The monoisotopic (exact) mass is 370 g/mol. The maximum absolute atomic E-state index is 6.61. The van der Waals surface area contributed by atoms with Crippen LogP contribution in [0.25, 0.3) is 5.70 Å². The number of fused-ring (bicyclic) bond motifs is 4. The van der Waals surface area contributed by atoms with Crippen molar-refractivity contribution in [1.82, 2.24) is 10.4 Å². The third kappa shape index (κ3) is 2.47. The van der Waals surface area contributed by atoms with E-state index in [2.05, 4.69) is 23.4 Å². The van der Waals surface area contributed by atoms with Gasteiger partial charge in [0.25, 0.3) is 0 Å². The number of ether oxygens (including phenoxy) is 1. The van der Waals surface area contributed by atoms with Gasteiger partial charge in [-0.1, -0.05) is 18.5 Å². The highest BCUT2D eigenvalue weighted by atomic mass is 35.5. The minimum absolute atomic E-state index is 0.0891. The van der Waals surface area contributed by atoms with Crippen LogP contribution in [0.4, 0.5) is 0 Å². The molecule has 1 aliphatic carbocycles. The summed E-state index contributed by atoms with van der Waals surface area (Å²) < 4.78 is 12.5. The van der Waals surface area contributed by atoms with Crippen molar-refractivity contribution in [2.75, 3.05) is 0 Å². The molecular formula is C21H23ClN2O2. The van der Waals surface area contributed by atoms with E-state index in [-0.39, 0.29) is 11.8 Å². The maximum atomic E-state index is 6.61. The number of furan rings is 1. The van der Waals surface area contributed by atoms with E-state index in [1.165, 1.54) is 12.8 Å². The molecule has 26 heavy (non-hydrogen) atoms. The summed E-state index contributed by atoms with van der Waals surface area (Å²) in [5.74, 6) is 3.46. The van der Waals surface area contributed by atoms with Gasteiger partial charge < -0.3 is 14.6 Å². The van der Waals surface area contributed by atoms with Crippen molar-refractivity contribution < 1.29 is 9.15 Å².